The lowest BCUT2D eigenvalue weighted by atomic mass is 9.97. The molecule has 1 aliphatic heterocycles. The van der Waals surface area contributed by atoms with Crippen LogP contribution in [-0.4, -0.2) is 30.4 Å². The van der Waals surface area contributed by atoms with Gasteiger partial charge in [-0.2, -0.15) is 0 Å². The van der Waals surface area contributed by atoms with Gasteiger partial charge in [-0.05, 0) is 68.1 Å². The van der Waals surface area contributed by atoms with E-state index < -0.39 is 11.9 Å². The predicted octanol–water partition coefficient (Wildman–Crippen LogP) is 6.70. The molecule has 1 unspecified atom stereocenters. The molecule has 2 aromatic heterocycles. The summed E-state index contributed by atoms with van der Waals surface area (Å²) in [5, 5.41) is 0.725. The molecule has 1 aliphatic rings. The Labute approximate surface area is 236 Å². The Morgan fingerprint density at radius 2 is 1.82 bits per heavy atom. The van der Waals surface area contributed by atoms with Gasteiger partial charge in [0.1, 0.15) is 5.58 Å². The summed E-state index contributed by atoms with van der Waals surface area (Å²) in [6.45, 7) is 9.75. The molecular weight excluding hydrogens is 528 g/mol. The number of ether oxygens (including phenoxy) is 2. The van der Waals surface area contributed by atoms with Crippen LogP contribution in [0.1, 0.15) is 87.3 Å². The van der Waals surface area contributed by atoms with Crippen LogP contribution >= 0.6 is 11.3 Å². The molecule has 0 bridgehead atoms. The first-order chi connectivity index (χ1) is 19.2. The van der Waals surface area contributed by atoms with E-state index in [1.165, 1.54) is 11.8 Å². The maximum Gasteiger partial charge on any atom is 0.297 e. The molecule has 8 nitrogen and oxygen atoms in total. The first-order valence-electron chi connectivity index (χ1n) is 13.4. The van der Waals surface area contributed by atoms with Crippen LogP contribution in [0.5, 0.6) is 11.5 Å². The molecule has 40 heavy (non-hydrogen) atoms. The minimum Gasteiger partial charge on any atom is -0.493 e. The second kappa shape index (κ2) is 10.9. The van der Waals surface area contributed by atoms with Crippen molar-refractivity contribution >= 4 is 39.1 Å². The molecule has 3 heterocycles. The summed E-state index contributed by atoms with van der Waals surface area (Å²) in [7, 11) is 1.56. The highest BCUT2D eigenvalue weighted by molar-refractivity contribution is 7.17. The number of aryl methyl sites for hydroxylation is 3. The van der Waals surface area contributed by atoms with Crippen LogP contribution in [0.2, 0.25) is 0 Å². The number of hydrogen-bond donors (Lipinski definition) is 0. The largest absolute Gasteiger partial charge is 0.493 e. The fourth-order valence-corrected chi connectivity index (χ4v) is 6.05. The van der Waals surface area contributed by atoms with E-state index in [1.807, 2.05) is 19.9 Å². The minimum absolute atomic E-state index is 0.0261. The predicted molar refractivity (Wildman–Crippen MR) is 155 cm³/mol. The molecule has 4 aromatic rings. The number of carbonyl (C=O) groups excluding carboxylic acids is 2. The number of aromatic nitrogens is 1. The molecule has 0 fully saturated rings. The van der Waals surface area contributed by atoms with Crippen LogP contribution in [0.15, 0.2) is 39.5 Å². The van der Waals surface area contributed by atoms with E-state index in [0.29, 0.717) is 50.3 Å². The van der Waals surface area contributed by atoms with E-state index in [4.69, 9.17) is 13.9 Å². The van der Waals surface area contributed by atoms with Gasteiger partial charge >= 0.3 is 0 Å². The maximum absolute atomic E-state index is 14.0. The molecule has 2 aromatic carbocycles. The summed E-state index contributed by atoms with van der Waals surface area (Å²) < 4.78 is 17.8. The van der Waals surface area contributed by atoms with Crippen molar-refractivity contribution < 1.29 is 23.5 Å². The van der Waals surface area contributed by atoms with Crippen LogP contribution in [0.4, 0.5) is 5.13 Å². The van der Waals surface area contributed by atoms with Gasteiger partial charge in [0.25, 0.3) is 5.91 Å². The van der Waals surface area contributed by atoms with Gasteiger partial charge < -0.3 is 13.9 Å². The Bertz CT molecular complexity index is 1700. The number of hydrogen-bond acceptors (Lipinski definition) is 8. The lowest BCUT2D eigenvalue weighted by Crippen LogP contribution is -2.29. The van der Waals surface area contributed by atoms with Gasteiger partial charge in [-0.15, -0.1) is 0 Å². The molecule has 9 heteroatoms. The van der Waals surface area contributed by atoms with E-state index in [1.54, 1.807) is 38.3 Å². The van der Waals surface area contributed by atoms with Gasteiger partial charge in [0.05, 0.1) is 41.3 Å². The average Bonchev–Trinajstić information content (AvgIpc) is 3.45. The lowest BCUT2D eigenvalue weighted by molar-refractivity contribution is 0.0969. The lowest BCUT2D eigenvalue weighted by Gasteiger charge is -2.23. The van der Waals surface area contributed by atoms with Crippen molar-refractivity contribution in [2.75, 3.05) is 18.6 Å². The first-order valence-corrected chi connectivity index (χ1v) is 14.2. The molecule has 0 aliphatic carbocycles. The number of nitrogens with zero attached hydrogens (tertiary/aromatic N) is 2. The minimum atomic E-state index is -0.835. The van der Waals surface area contributed by atoms with E-state index in [-0.39, 0.29) is 22.5 Å². The van der Waals surface area contributed by atoms with Crippen molar-refractivity contribution in [2.24, 2.45) is 0 Å². The quantitative estimate of drug-likeness (QED) is 0.166. The maximum atomic E-state index is 14.0. The van der Waals surface area contributed by atoms with Gasteiger partial charge in [-0.3, -0.25) is 19.3 Å². The second-order valence-electron chi connectivity index (χ2n) is 10.1. The number of ketones is 1. The zero-order chi connectivity index (χ0) is 28.7. The van der Waals surface area contributed by atoms with Crippen molar-refractivity contribution in [1.82, 2.24) is 4.98 Å². The average molecular weight is 561 g/mol. The van der Waals surface area contributed by atoms with Crippen LogP contribution in [0.3, 0.4) is 0 Å². The smallest absolute Gasteiger partial charge is 0.297 e. The number of amides is 1. The molecule has 0 saturated carbocycles. The highest BCUT2D eigenvalue weighted by Crippen LogP contribution is 2.45. The van der Waals surface area contributed by atoms with Crippen molar-refractivity contribution in [3.8, 4) is 11.5 Å². The van der Waals surface area contributed by atoms with E-state index in [2.05, 4.69) is 11.9 Å². The zero-order valence-corrected chi connectivity index (χ0v) is 24.4. The number of rotatable bonds is 9. The summed E-state index contributed by atoms with van der Waals surface area (Å²) in [4.78, 5) is 46.7. The van der Waals surface area contributed by atoms with E-state index in [0.717, 1.165) is 41.7 Å². The van der Waals surface area contributed by atoms with Crippen molar-refractivity contribution in [2.45, 2.75) is 59.9 Å². The molecule has 208 valence electrons. The molecular formula is C31H32N2O6S. The number of benzene rings is 2. The fraction of sp³-hybridized carbons (Fsp3) is 0.355. The summed E-state index contributed by atoms with van der Waals surface area (Å²) in [6.07, 6.45) is 3.07. The Hall–Kier alpha value is -3.98. The third kappa shape index (κ3) is 4.68. The highest BCUT2D eigenvalue weighted by atomic mass is 32.1. The van der Waals surface area contributed by atoms with Gasteiger partial charge in [0.2, 0.25) is 5.76 Å². The first kappa shape index (κ1) is 27.6. The molecule has 0 N–H and O–H groups in total. The van der Waals surface area contributed by atoms with Crippen LogP contribution in [-0.2, 0) is 0 Å². The topological polar surface area (TPSA) is 98.9 Å². The van der Waals surface area contributed by atoms with Crippen LogP contribution in [0, 0.1) is 20.8 Å². The third-order valence-corrected chi connectivity index (χ3v) is 8.56. The molecule has 1 amide bonds. The van der Waals surface area contributed by atoms with Gasteiger partial charge in [-0.1, -0.05) is 37.2 Å². The Balaban J connectivity index is 1.70. The summed E-state index contributed by atoms with van der Waals surface area (Å²) in [6, 6.07) is 8.16. The summed E-state index contributed by atoms with van der Waals surface area (Å²) in [5.74, 6) is 0.422. The summed E-state index contributed by atoms with van der Waals surface area (Å²) >= 11 is 1.13. The van der Waals surface area contributed by atoms with Gasteiger partial charge in [0.15, 0.2) is 27.8 Å². The highest BCUT2D eigenvalue weighted by Gasteiger charge is 2.45. The van der Waals surface area contributed by atoms with Crippen LogP contribution in [0.25, 0.3) is 11.0 Å². The van der Waals surface area contributed by atoms with Crippen molar-refractivity contribution in [3.63, 3.8) is 0 Å². The molecule has 5 rings (SSSR count). The molecule has 0 radical (unpaired) electrons. The SMILES string of the molecule is CCCCCOc1ccc(C2c3c(oc4cc(C)c(C)cc4c3=O)C(=O)N2c2nc(C)c(C(C)=O)s2)cc1OC. The number of carbonyl (C=O) groups is 2. The standard InChI is InChI=1S/C31H32N2O6S/c1-7-8-9-12-38-22-11-10-20(15-24(22)37-6)26-25-27(35)21-13-16(2)17(3)14-23(21)39-28(25)30(36)33(26)31-32-18(4)29(40-31)19(5)34/h10-11,13-15,26H,7-9,12H2,1-6H3. The van der Waals surface area contributed by atoms with Crippen LogP contribution < -0.4 is 19.8 Å². The molecule has 1 atom stereocenters. The van der Waals surface area contributed by atoms with Crippen molar-refractivity contribution in [1.29, 1.82) is 0 Å². The number of anilines is 1. The second-order valence-corrected chi connectivity index (χ2v) is 11.1. The normalized spacial score (nSPS) is 14.6. The van der Waals surface area contributed by atoms with E-state index >= 15 is 0 Å². The summed E-state index contributed by atoms with van der Waals surface area (Å²) in [5.41, 5.74) is 3.38. The Morgan fingerprint density at radius 3 is 2.50 bits per heavy atom. The monoisotopic (exact) mass is 560 g/mol. The van der Waals surface area contributed by atoms with Gasteiger partial charge in [0, 0.05) is 6.92 Å². The Kier molecular flexibility index (Phi) is 7.51. The van der Waals surface area contributed by atoms with E-state index in [9.17, 15) is 14.4 Å². The molecule has 0 saturated heterocycles. The fourth-order valence-electron chi connectivity index (χ4n) is 5.06. The molecule has 0 spiro atoms. The number of methoxy groups -OCH3 is 1. The van der Waals surface area contributed by atoms with Crippen molar-refractivity contribution in [3.05, 3.63) is 79.1 Å². The number of fused-ring (bicyclic) bond motifs is 2. The zero-order valence-electron chi connectivity index (χ0n) is 23.5. The number of Topliss-reactive ketones (excluding diaryl/α,β-unsaturated/α-hetero) is 1. The number of thiazole rings is 1. The third-order valence-electron chi connectivity index (χ3n) is 7.31. The Morgan fingerprint density at radius 1 is 1.07 bits per heavy atom. The number of unbranched alkanes of at least 4 members (excludes halogenated alkanes) is 2. The van der Waals surface area contributed by atoms with Gasteiger partial charge in [-0.25, -0.2) is 4.98 Å².